The number of aliphatic hydroxyl groups is 1. The van der Waals surface area contributed by atoms with E-state index in [2.05, 4.69) is 24.1 Å². The number of methoxy groups -OCH3 is 1. The van der Waals surface area contributed by atoms with Crippen LogP contribution >= 0.6 is 0 Å². The van der Waals surface area contributed by atoms with Crippen molar-refractivity contribution in [1.29, 1.82) is 0 Å². The van der Waals surface area contributed by atoms with Crippen LogP contribution in [0.5, 0.6) is 5.75 Å². The van der Waals surface area contributed by atoms with Crippen molar-refractivity contribution < 1.29 is 57.6 Å². The van der Waals surface area contributed by atoms with Gasteiger partial charge in [0.2, 0.25) is 5.91 Å². The van der Waals surface area contributed by atoms with E-state index >= 15 is 0 Å². The normalized spacial score (nSPS) is 13.0. The summed E-state index contributed by atoms with van der Waals surface area (Å²) in [6, 6.07) is 5.39. The van der Waals surface area contributed by atoms with Crippen LogP contribution in [0.2, 0.25) is 0 Å². The van der Waals surface area contributed by atoms with Gasteiger partial charge in [-0.25, -0.2) is 9.59 Å². The highest BCUT2D eigenvalue weighted by atomic mass is 16.6. The molecule has 0 aromatic heterocycles. The number of nitrogens with one attached hydrogen (secondary N) is 1. The first kappa shape index (κ1) is 48.2. The molecule has 0 fully saturated rings. The molecule has 1 rings (SSSR count). The summed E-state index contributed by atoms with van der Waals surface area (Å²) in [6.07, 6.45) is 11.6. The second-order valence-electron chi connectivity index (χ2n) is 13.5. The highest BCUT2D eigenvalue weighted by Crippen LogP contribution is 2.28. The predicted molar refractivity (Wildman–Crippen MR) is 205 cm³/mol. The van der Waals surface area contributed by atoms with E-state index in [1.165, 1.54) is 19.4 Å². The van der Waals surface area contributed by atoms with Gasteiger partial charge in [-0.15, -0.1) is 5.92 Å². The van der Waals surface area contributed by atoms with Crippen LogP contribution < -0.4 is 10.1 Å². The van der Waals surface area contributed by atoms with Gasteiger partial charge in [0, 0.05) is 19.3 Å². The molecule has 1 aromatic carbocycles. The van der Waals surface area contributed by atoms with Crippen LogP contribution in [0.15, 0.2) is 36.4 Å². The molecule has 0 spiro atoms. The monoisotopic (exact) mass is 769 g/mol. The van der Waals surface area contributed by atoms with Crippen LogP contribution in [0.1, 0.15) is 117 Å². The first-order valence-corrected chi connectivity index (χ1v) is 19.0. The number of rotatable bonds is 29. The van der Waals surface area contributed by atoms with Crippen LogP contribution in [0.25, 0.3) is 0 Å². The Morgan fingerprint density at radius 2 is 1.45 bits per heavy atom. The third-order valence-electron chi connectivity index (χ3n) is 8.52. The SMILES string of the molecule is CC#CCOc1ccc(C[C@H](NC(=O)[C@@H](/C=C/CCCCCCC(=O)CCCCCCC)[C@@](O)(CC(=O)OCC(C)=O)C(=O)OCC(C)=O)C(=O)OC)cc1. The van der Waals surface area contributed by atoms with Gasteiger partial charge in [-0.05, 0) is 64.2 Å². The fourth-order valence-corrected chi connectivity index (χ4v) is 5.48. The van der Waals surface area contributed by atoms with Crippen molar-refractivity contribution in [2.24, 2.45) is 5.92 Å². The van der Waals surface area contributed by atoms with E-state index in [1.807, 2.05) is 0 Å². The van der Waals surface area contributed by atoms with Crippen LogP contribution in [0, 0.1) is 17.8 Å². The lowest BCUT2D eigenvalue weighted by atomic mass is 9.82. The molecule has 1 aromatic rings. The summed E-state index contributed by atoms with van der Waals surface area (Å²) in [7, 11) is 1.13. The number of ketones is 3. The Bertz CT molecular complexity index is 1490. The van der Waals surface area contributed by atoms with Gasteiger partial charge in [-0.3, -0.25) is 24.0 Å². The molecule has 0 radical (unpaired) electrons. The Morgan fingerprint density at radius 3 is 2.04 bits per heavy atom. The molecular weight excluding hydrogens is 710 g/mol. The van der Waals surface area contributed by atoms with Gasteiger partial charge in [0.15, 0.2) is 17.2 Å². The molecule has 0 aliphatic heterocycles. The number of unbranched alkanes of at least 4 members (excludes halogenated alkanes) is 8. The number of carbonyl (C=O) groups excluding carboxylic acids is 7. The van der Waals surface area contributed by atoms with Gasteiger partial charge < -0.3 is 29.4 Å². The van der Waals surface area contributed by atoms with Crippen LogP contribution in [-0.4, -0.2) is 84.8 Å². The number of hydrogen-bond acceptors (Lipinski definition) is 12. The molecule has 13 nitrogen and oxygen atoms in total. The summed E-state index contributed by atoms with van der Waals surface area (Å²) in [5.41, 5.74) is -2.31. The molecule has 0 bridgehead atoms. The van der Waals surface area contributed by atoms with E-state index in [0.717, 1.165) is 59.0 Å². The van der Waals surface area contributed by atoms with Gasteiger partial charge >= 0.3 is 17.9 Å². The summed E-state index contributed by atoms with van der Waals surface area (Å²) < 4.78 is 20.4. The molecule has 55 heavy (non-hydrogen) atoms. The number of hydrogen-bond donors (Lipinski definition) is 2. The maximum Gasteiger partial charge on any atom is 0.340 e. The van der Waals surface area contributed by atoms with Gasteiger partial charge in [-0.2, -0.15) is 0 Å². The predicted octanol–water partition coefficient (Wildman–Crippen LogP) is 5.12. The fourth-order valence-electron chi connectivity index (χ4n) is 5.48. The molecule has 2 N–H and O–H groups in total. The minimum atomic E-state index is -2.91. The quantitative estimate of drug-likeness (QED) is 0.0361. The smallest absolute Gasteiger partial charge is 0.340 e. The Balaban J connectivity index is 3.24. The second kappa shape index (κ2) is 27.7. The number of benzene rings is 1. The molecule has 0 saturated heterocycles. The van der Waals surface area contributed by atoms with Crippen molar-refractivity contribution in [3.8, 4) is 17.6 Å². The van der Waals surface area contributed by atoms with E-state index in [9.17, 15) is 38.7 Å². The van der Waals surface area contributed by atoms with Crippen molar-refractivity contribution in [2.75, 3.05) is 26.9 Å². The van der Waals surface area contributed by atoms with Crippen molar-refractivity contribution in [3.05, 3.63) is 42.0 Å². The number of esters is 3. The summed E-state index contributed by atoms with van der Waals surface area (Å²) in [5.74, 6) is -1.09. The zero-order valence-electron chi connectivity index (χ0n) is 33.1. The molecule has 0 unspecified atom stereocenters. The first-order chi connectivity index (χ1) is 26.3. The highest BCUT2D eigenvalue weighted by Gasteiger charge is 2.50. The summed E-state index contributed by atoms with van der Waals surface area (Å²) in [6.45, 7) is 4.94. The number of carbonyl (C=O) groups is 7. The average Bonchev–Trinajstić information content (AvgIpc) is 3.15. The molecule has 3 atom stereocenters. The zero-order valence-corrected chi connectivity index (χ0v) is 33.1. The maximum atomic E-state index is 14.0. The highest BCUT2D eigenvalue weighted by molar-refractivity contribution is 5.96. The van der Waals surface area contributed by atoms with E-state index in [4.69, 9.17) is 18.9 Å². The van der Waals surface area contributed by atoms with Crippen LogP contribution in [-0.2, 0) is 54.2 Å². The Morgan fingerprint density at radius 1 is 0.855 bits per heavy atom. The molecule has 0 heterocycles. The van der Waals surface area contributed by atoms with E-state index in [1.54, 1.807) is 37.3 Å². The Hall–Kier alpha value is -4.83. The minimum absolute atomic E-state index is 0.0564. The number of amides is 1. The van der Waals surface area contributed by atoms with Crippen molar-refractivity contribution in [3.63, 3.8) is 0 Å². The van der Waals surface area contributed by atoms with Gasteiger partial charge in [0.1, 0.15) is 37.4 Å². The Labute approximate surface area is 325 Å². The van der Waals surface area contributed by atoms with Gasteiger partial charge in [0.05, 0.1) is 19.4 Å². The Kier molecular flexibility index (Phi) is 24.3. The lowest BCUT2D eigenvalue weighted by Crippen LogP contribution is -2.56. The summed E-state index contributed by atoms with van der Waals surface area (Å²) in [4.78, 5) is 88.5. The average molecular weight is 770 g/mol. The van der Waals surface area contributed by atoms with E-state index in [-0.39, 0.29) is 18.8 Å². The molecule has 13 heteroatoms. The molecule has 0 aliphatic rings. The minimum Gasteiger partial charge on any atom is -0.481 e. The topological polar surface area (TPSA) is 189 Å². The lowest BCUT2D eigenvalue weighted by molar-refractivity contribution is -0.179. The molecular formula is C42H59NO12. The molecule has 1 amide bonds. The number of ether oxygens (including phenoxy) is 4. The van der Waals surface area contributed by atoms with Crippen molar-refractivity contribution in [1.82, 2.24) is 5.32 Å². The molecule has 0 saturated carbocycles. The third kappa shape index (κ3) is 20.4. The molecule has 0 aliphatic carbocycles. The lowest BCUT2D eigenvalue weighted by Gasteiger charge is -2.31. The summed E-state index contributed by atoms with van der Waals surface area (Å²) >= 11 is 0. The zero-order chi connectivity index (χ0) is 41.1. The summed E-state index contributed by atoms with van der Waals surface area (Å²) in [5, 5.41) is 14.4. The van der Waals surface area contributed by atoms with Crippen LogP contribution in [0.4, 0.5) is 0 Å². The largest absolute Gasteiger partial charge is 0.481 e. The number of Topliss-reactive ketones (excluding diaryl/α,β-unsaturated/α-hetero) is 3. The van der Waals surface area contributed by atoms with Gasteiger partial charge in [0.25, 0.3) is 0 Å². The first-order valence-electron chi connectivity index (χ1n) is 19.0. The maximum absolute atomic E-state index is 14.0. The third-order valence-corrected chi connectivity index (χ3v) is 8.52. The van der Waals surface area contributed by atoms with Gasteiger partial charge in [-0.1, -0.05) is 75.7 Å². The van der Waals surface area contributed by atoms with Crippen molar-refractivity contribution in [2.45, 2.75) is 129 Å². The standard InChI is InChI=1S/C42H59NO12/c1-6-8-10-13-16-19-34(46)20-17-14-11-12-15-18-21-36(42(51,41(50)55-30-32(4)45)28-38(47)54-29-31(3)44)39(48)43-37(40(49)52-5)27-33-22-24-35(25-23-33)53-26-9-7-2/h18,21-25,36-37,51H,6,8,10-17,19-20,26-30H2,1-5H3,(H,43,48)/b21-18+/t36-,37+,42+/m1/s1. The van der Waals surface area contributed by atoms with Crippen LogP contribution in [0.3, 0.4) is 0 Å². The second-order valence-corrected chi connectivity index (χ2v) is 13.5. The number of allylic oxidation sites excluding steroid dienone is 1. The van der Waals surface area contributed by atoms with Crippen molar-refractivity contribution >= 4 is 41.2 Å². The van der Waals surface area contributed by atoms with E-state index in [0.29, 0.717) is 37.0 Å². The molecule has 304 valence electrons. The fraction of sp³-hybridized carbons (Fsp3) is 0.595. The van der Waals surface area contributed by atoms with E-state index < -0.39 is 72.6 Å².